The van der Waals surface area contributed by atoms with E-state index in [1.165, 1.54) is 0 Å². The van der Waals surface area contributed by atoms with Crippen molar-refractivity contribution in [1.29, 1.82) is 0 Å². The predicted octanol–water partition coefficient (Wildman–Crippen LogP) is 3.91. The van der Waals surface area contributed by atoms with Gasteiger partial charge in [-0.25, -0.2) is 5.01 Å². The molecule has 0 saturated heterocycles. The summed E-state index contributed by atoms with van der Waals surface area (Å²) < 4.78 is 6.89. The summed E-state index contributed by atoms with van der Waals surface area (Å²) in [5, 5.41) is 11.6. The maximum Gasteiger partial charge on any atom is 0.276 e. The first-order valence-corrected chi connectivity index (χ1v) is 12.3. The lowest BCUT2D eigenvalue weighted by Gasteiger charge is -2.34. The number of ether oxygens (including phenoxy) is 1. The maximum absolute atomic E-state index is 13.2. The largest absolute Gasteiger partial charge is 0.493 e. The van der Waals surface area contributed by atoms with Crippen LogP contribution < -0.4 is 20.6 Å². The van der Waals surface area contributed by atoms with Crippen molar-refractivity contribution in [2.24, 2.45) is 10.1 Å². The third kappa shape index (κ3) is 4.65. The lowest BCUT2D eigenvalue weighted by Crippen LogP contribution is -2.50. The number of carbonyl (C=O) groups is 1. The summed E-state index contributed by atoms with van der Waals surface area (Å²) in [6.45, 7) is 4.84. The van der Waals surface area contributed by atoms with Gasteiger partial charge in [-0.05, 0) is 37.1 Å². The van der Waals surface area contributed by atoms with E-state index in [-0.39, 0.29) is 5.91 Å². The Morgan fingerprint density at radius 2 is 2.03 bits per heavy atom. The van der Waals surface area contributed by atoms with Crippen LogP contribution in [0.1, 0.15) is 44.8 Å². The highest BCUT2D eigenvalue weighted by Crippen LogP contribution is 2.35. The predicted molar refractivity (Wildman–Crippen MR) is 128 cm³/mol. The number of thioether (sulfide) groups is 1. The molecule has 0 spiro atoms. The Balaban J connectivity index is 1.85. The van der Waals surface area contributed by atoms with Crippen molar-refractivity contribution in [3.63, 3.8) is 0 Å². The average molecular weight is 501 g/mol. The van der Waals surface area contributed by atoms with E-state index in [1.54, 1.807) is 16.8 Å². The molecule has 162 valence electrons. The number of benzene rings is 2. The number of nitrogens with one attached hydrogen (secondary N) is 1. The van der Waals surface area contributed by atoms with Gasteiger partial charge in [0.15, 0.2) is 11.3 Å². The molecule has 0 fully saturated rings. The van der Waals surface area contributed by atoms with Crippen LogP contribution in [-0.4, -0.2) is 28.4 Å². The molecule has 2 heterocycles. The molecule has 0 aromatic heterocycles. The van der Waals surface area contributed by atoms with Crippen LogP contribution in [0.5, 0.6) is 5.75 Å². The Kier molecular flexibility index (Phi) is 6.97. The third-order valence-electron chi connectivity index (χ3n) is 4.97. The minimum Gasteiger partial charge on any atom is -0.493 e. The van der Waals surface area contributed by atoms with Gasteiger partial charge in [-0.15, -0.1) is 5.10 Å². The molecule has 0 bridgehead atoms. The zero-order valence-electron chi connectivity index (χ0n) is 17.6. The van der Waals surface area contributed by atoms with Crippen LogP contribution in [0.4, 0.5) is 0 Å². The molecule has 1 atom stereocenters. The topological polar surface area (TPSA) is 66.3 Å². The molecule has 0 unspecified atom stereocenters. The smallest absolute Gasteiger partial charge is 0.276 e. The van der Waals surface area contributed by atoms with Crippen LogP contribution in [0.2, 0.25) is 0 Å². The van der Waals surface area contributed by atoms with E-state index in [9.17, 15) is 4.79 Å². The summed E-state index contributed by atoms with van der Waals surface area (Å²) in [6.07, 6.45) is 2.58. The Labute approximate surface area is 194 Å². The minimum atomic E-state index is -0.482. The second-order valence-corrected chi connectivity index (χ2v) is 9.30. The number of unbranched alkanes of at least 4 members (excludes halogenated alkanes) is 1. The summed E-state index contributed by atoms with van der Waals surface area (Å²) in [4.78, 5) is 18.2. The minimum absolute atomic E-state index is 0.166. The van der Waals surface area contributed by atoms with E-state index in [4.69, 9.17) is 14.8 Å². The molecule has 2 aromatic rings. The van der Waals surface area contributed by atoms with Crippen LogP contribution in [0.25, 0.3) is 5.70 Å². The molecule has 2 aliphatic heterocycles. The Bertz CT molecular complexity index is 1130. The van der Waals surface area contributed by atoms with Crippen LogP contribution >= 0.6 is 27.7 Å². The SMILES string of the molecule is CCCCSC1=NN2C(=c3cc(Br)ccc3=N[C@@H]2c2ccccc2OCCC)C(=O)N1. The fraction of sp³-hybridized carbons (Fsp3) is 0.348. The average Bonchev–Trinajstić information content (AvgIpc) is 2.77. The highest BCUT2D eigenvalue weighted by atomic mass is 79.9. The van der Waals surface area contributed by atoms with Crippen molar-refractivity contribution in [2.75, 3.05) is 12.4 Å². The van der Waals surface area contributed by atoms with Gasteiger partial charge in [-0.3, -0.25) is 15.1 Å². The first kappa shape index (κ1) is 21.9. The molecule has 0 radical (unpaired) electrons. The molecule has 2 aromatic carbocycles. The van der Waals surface area contributed by atoms with Crippen LogP contribution in [0, 0.1) is 0 Å². The monoisotopic (exact) mass is 500 g/mol. The van der Waals surface area contributed by atoms with Crippen molar-refractivity contribution in [1.82, 2.24) is 10.3 Å². The number of amidine groups is 1. The van der Waals surface area contributed by atoms with E-state index in [1.807, 2.05) is 42.5 Å². The number of carbonyl (C=O) groups excluding carboxylic acids is 1. The van der Waals surface area contributed by atoms with Gasteiger partial charge >= 0.3 is 0 Å². The quantitative estimate of drug-likeness (QED) is 0.585. The molecule has 1 N–H and O–H groups in total. The van der Waals surface area contributed by atoms with Gasteiger partial charge in [0.2, 0.25) is 0 Å². The molecular formula is C23H25BrN4O2S. The summed E-state index contributed by atoms with van der Waals surface area (Å²) in [6, 6.07) is 13.6. The number of amides is 1. The Hall–Kier alpha value is -2.32. The molecule has 6 nitrogen and oxygen atoms in total. The number of hydrogen-bond acceptors (Lipinski definition) is 6. The number of para-hydroxylation sites is 1. The fourth-order valence-electron chi connectivity index (χ4n) is 3.47. The summed E-state index contributed by atoms with van der Waals surface area (Å²) in [7, 11) is 0. The number of halogens is 1. The van der Waals surface area contributed by atoms with E-state index in [2.05, 4.69) is 35.1 Å². The zero-order valence-corrected chi connectivity index (χ0v) is 20.0. The molecule has 4 rings (SSSR count). The molecule has 8 heteroatoms. The highest BCUT2D eigenvalue weighted by molar-refractivity contribution is 9.10. The van der Waals surface area contributed by atoms with Gasteiger partial charge in [-0.2, -0.15) is 0 Å². The summed E-state index contributed by atoms with van der Waals surface area (Å²) >= 11 is 5.08. The normalized spacial score (nSPS) is 17.3. The lowest BCUT2D eigenvalue weighted by atomic mass is 10.1. The van der Waals surface area contributed by atoms with E-state index < -0.39 is 6.17 Å². The van der Waals surface area contributed by atoms with Crippen LogP contribution in [0.15, 0.2) is 57.0 Å². The van der Waals surface area contributed by atoms with E-state index in [0.29, 0.717) is 17.5 Å². The van der Waals surface area contributed by atoms with Gasteiger partial charge in [0, 0.05) is 21.0 Å². The van der Waals surface area contributed by atoms with Crippen molar-refractivity contribution in [2.45, 2.75) is 39.3 Å². The molecule has 1 amide bonds. The van der Waals surface area contributed by atoms with Crippen molar-refractivity contribution >= 4 is 44.5 Å². The van der Waals surface area contributed by atoms with E-state index in [0.717, 1.165) is 51.4 Å². The third-order valence-corrected chi connectivity index (χ3v) is 6.41. The zero-order chi connectivity index (χ0) is 21.8. The molecular weight excluding hydrogens is 476 g/mol. The van der Waals surface area contributed by atoms with Crippen molar-refractivity contribution < 1.29 is 9.53 Å². The number of hydrazone groups is 1. The van der Waals surface area contributed by atoms with Gasteiger partial charge in [0.05, 0.1) is 12.0 Å². The molecule has 2 aliphatic rings. The molecule has 31 heavy (non-hydrogen) atoms. The first-order chi connectivity index (χ1) is 15.1. The maximum atomic E-state index is 13.2. The summed E-state index contributed by atoms with van der Waals surface area (Å²) in [5.41, 5.74) is 1.39. The number of hydrogen-bond donors (Lipinski definition) is 1. The fourth-order valence-corrected chi connectivity index (χ4v) is 4.77. The lowest BCUT2D eigenvalue weighted by molar-refractivity contribution is -0.116. The number of rotatable bonds is 7. The summed E-state index contributed by atoms with van der Waals surface area (Å²) in [5.74, 6) is 1.50. The van der Waals surface area contributed by atoms with Crippen molar-refractivity contribution in [3.8, 4) is 5.75 Å². The van der Waals surface area contributed by atoms with Crippen LogP contribution in [-0.2, 0) is 4.79 Å². The number of nitrogens with zero attached hydrogens (tertiary/aromatic N) is 3. The van der Waals surface area contributed by atoms with Crippen molar-refractivity contribution in [3.05, 3.63) is 63.1 Å². The Morgan fingerprint density at radius 3 is 2.84 bits per heavy atom. The molecule has 0 aliphatic carbocycles. The standard InChI is InChI=1S/C23H25BrN4O2S/c1-3-5-13-31-23-26-22(29)20-17-14-15(24)10-11-18(17)25-21(28(20)27-23)16-8-6-7-9-19(16)30-12-4-2/h6-11,14,21H,3-5,12-13H2,1-2H3,(H,26,27,29)/t21-/m0/s1. The molecule has 0 saturated carbocycles. The van der Waals surface area contributed by atoms with Crippen LogP contribution in [0.3, 0.4) is 0 Å². The van der Waals surface area contributed by atoms with Gasteiger partial charge < -0.3 is 4.74 Å². The van der Waals surface area contributed by atoms with Gasteiger partial charge in [0.1, 0.15) is 11.4 Å². The second kappa shape index (κ2) is 9.87. The second-order valence-electron chi connectivity index (χ2n) is 7.30. The number of fused-ring (bicyclic) bond motifs is 2. The first-order valence-electron chi connectivity index (χ1n) is 10.5. The Morgan fingerprint density at radius 1 is 1.19 bits per heavy atom. The van der Waals surface area contributed by atoms with Gasteiger partial charge in [0.25, 0.3) is 5.91 Å². The van der Waals surface area contributed by atoms with E-state index >= 15 is 0 Å². The highest BCUT2D eigenvalue weighted by Gasteiger charge is 2.35. The van der Waals surface area contributed by atoms with Gasteiger partial charge in [-0.1, -0.05) is 66.2 Å².